The summed E-state index contributed by atoms with van der Waals surface area (Å²) in [6, 6.07) is 4.05. The van der Waals surface area contributed by atoms with Crippen LogP contribution in [-0.2, 0) is 10.2 Å². The van der Waals surface area contributed by atoms with Crippen LogP contribution in [0.25, 0.3) is 0 Å². The van der Waals surface area contributed by atoms with Crippen LogP contribution < -0.4 is 10.0 Å². The van der Waals surface area contributed by atoms with E-state index >= 15 is 0 Å². The number of nitrogens with zero attached hydrogens (tertiary/aromatic N) is 1. The van der Waals surface area contributed by atoms with Crippen LogP contribution in [0.4, 0.5) is 10.1 Å². The molecule has 0 atom stereocenters. The summed E-state index contributed by atoms with van der Waals surface area (Å²) in [5.41, 5.74) is 0.230. The Bertz CT molecular complexity index is 567. The van der Waals surface area contributed by atoms with Gasteiger partial charge in [0.2, 0.25) is 0 Å². The highest BCUT2D eigenvalue weighted by molar-refractivity contribution is 7.90. The molecule has 8 heteroatoms. The molecule has 0 bridgehead atoms. The van der Waals surface area contributed by atoms with Gasteiger partial charge in [-0.25, -0.2) is 4.39 Å². The average Bonchev–Trinajstić information content (AvgIpc) is 2.38. The molecule has 21 heavy (non-hydrogen) atoms. The molecule has 2 N–H and O–H groups in total. The van der Waals surface area contributed by atoms with Gasteiger partial charge in [-0.15, -0.1) is 0 Å². The van der Waals surface area contributed by atoms with Crippen LogP contribution in [0.1, 0.15) is 20.3 Å². The minimum atomic E-state index is -3.67. The van der Waals surface area contributed by atoms with Crippen LogP contribution >= 0.6 is 11.6 Å². The zero-order valence-electron chi connectivity index (χ0n) is 12.4. The standard InChI is InChI=1S/C13H21ClFN3O2S/c1-10(2)16-7-4-8-18(3)21(19,20)17-11-5-6-13(15)12(14)9-11/h5-6,9-10,16-17H,4,7-8H2,1-3H3. The molecule has 0 aliphatic heterocycles. The summed E-state index contributed by atoms with van der Waals surface area (Å²) in [5.74, 6) is -0.590. The topological polar surface area (TPSA) is 61.4 Å². The number of benzene rings is 1. The molecule has 1 aromatic rings. The van der Waals surface area contributed by atoms with E-state index in [1.165, 1.54) is 23.5 Å². The molecule has 0 spiro atoms. The summed E-state index contributed by atoms with van der Waals surface area (Å²) in [5, 5.41) is 3.09. The summed E-state index contributed by atoms with van der Waals surface area (Å²) in [6.07, 6.45) is 0.694. The normalized spacial score (nSPS) is 12.1. The van der Waals surface area contributed by atoms with Gasteiger partial charge in [-0.3, -0.25) is 4.72 Å². The summed E-state index contributed by atoms with van der Waals surface area (Å²) >= 11 is 5.62. The highest BCUT2D eigenvalue weighted by Gasteiger charge is 2.17. The van der Waals surface area contributed by atoms with Gasteiger partial charge in [0.1, 0.15) is 5.82 Å². The lowest BCUT2D eigenvalue weighted by Gasteiger charge is -2.19. The molecule has 0 amide bonds. The molecule has 0 saturated heterocycles. The first-order chi connectivity index (χ1) is 9.72. The number of anilines is 1. The molecular formula is C13H21ClFN3O2S. The number of rotatable bonds is 8. The lowest BCUT2D eigenvalue weighted by atomic mass is 10.3. The third-order valence-corrected chi connectivity index (χ3v) is 4.57. The Labute approximate surface area is 130 Å². The molecule has 0 radical (unpaired) electrons. The molecule has 0 saturated carbocycles. The summed E-state index contributed by atoms with van der Waals surface area (Å²) < 4.78 is 40.8. The fraction of sp³-hybridized carbons (Fsp3) is 0.538. The molecular weight excluding hydrogens is 317 g/mol. The van der Waals surface area contributed by atoms with Crippen molar-refractivity contribution in [3.8, 4) is 0 Å². The number of hydrogen-bond acceptors (Lipinski definition) is 3. The Balaban J connectivity index is 2.57. The van der Waals surface area contributed by atoms with Crippen LogP contribution in [0.15, 0.2) is 18.2 Å². The largest absolute Gasteiger partial charge is 0.314 e. The van der Waals surface area contributed by atoms with Crippen LogP contribution in [0.5, 0.6) is 0 Å². The van der Waals surface area contributed by atoms with E-state index in [0.29, 0.717) is 19.0 Å². The Morgan fingerprint density at radius 3 is 2.62 bits per heavy atom. The van der Waals surface area contributed by atoms with Crippen molar-refractivity contribution in [1.82, 2.24) is 9.62 Å². The van der Waals surface area contributed by atoms with Gasteiger partial charge in [-0.05, 0) is 31.2 Å². The van der Waals surface area contributed by atoms with Crippen LogP contribution in [-0.4, -0.2) is 38.9 Å². The van der Waals surface area contributed by atoms with Crippen molar-refractivity contribution in [1.29, 1.82) is 0 Å². The van der Waals surface area contributed by atoms with Crippen LogP contribution in [0, 0.1) is 5.82 Å². The number of halogens is 2. The van der Waals surface area contributed by atoms with Crippen molar-refractivity contribution in [3.05, 3.63) is 29.0 Å². The van der Waals surface area contributed by atoms with E-state index in [-0.39, 0.29) is 10.7 Å². The van der Waals surface area contributed by atoms with Crippen molar-refractivity contribution >= 4 is 27.5 Å². The van der Waals surface area contributed by atoms with E-state index in [2.05, 4.69) is 10.0 Å². The number of hydrogen-bond donors (Lipinski definition) is 2. The zero-order chi connectivity index (χ0) is 16.0. The monoisotopic (exact) mass is 337 g/mol. The van der Waals surface area contributed by atoms with Crippen molar-refractivity contribution < 1.29 is 12.8 Å². The van der Waals surface area contributed by atoms with E-state index in [9.17, 15) is 12.8 Å². The molecule has 0 aromatic heterocycles. The third-order valence-electron chi connectivity index (χ3n) is 2.78. The Morgan fingerprint density at radius 2 is 2.05 bits per heavy atom. The lowest BCUT2D eigenvalue weighted by molar-refractivity contribution is 0.451. The second-order valence-corrected chi connectivity index (χ2v) is 7.20. The van der Waals surface area contributed by atoms with Crippen molar-refractivity contribution in [2.75, 3.05) is 24.9 Å². The molecule has 0 unspecified atom stereocenters. The first-order valence-corrected chi connectivity index (χ1v) is 8.46. The van der Waals surface area contributed by atoms with Crippen molar-refractivity contribution in [2.45, 2.75) is 26.3 Å². The molecule has 120 valence electrons. The summed E-state index contributed by atoms with van der Waals surface area (Å²) in [6.45, 7) is 5.17. The highest BCUT2D eigenvalue weighted by atomic mass is 35.5. The van der Waals surface area contributed by atoms with E-state index < -0.39 is 16.0 Å². The smallest absolute Gasteiger partial charge is 0.301 e. The maximum absolute atomic E-state index is 13.0. The summed E-state index contributed by atoms with van der Waals surface area (Å²) in [7, 11) is -2.18. The molecule has 0 aliphatic rings. The van der Waals surface area contributed by atoms with Gasteiger partial charge in [-0.2, -0.15) is 12.7 Å². The predicted octanol–water partition coefficient (Wildman–Crippen LogP) is 2.46. The molecule has 1 aromatic carbocycles. The SMILES string of the molecule is CC(C)NCCCN(C)S(=O)(=O)Nc1ccc(F)c(Cl)c1. The van der Waals surface area contributed by atoms with Crippen molar-refractivity contribution in [2.24, 2.45) is 0 Å². The van der Waals surface area contributed by atoms with E-state index in [1.807, 2.05) is 13.8 Å². The zero-order valence-corrected chi connectivity index (χ0v) is 13.9. The molecule has 1 rings (SSSR count). The molecule has 0 fully saturated rings. The van der Waals surface area contributed by atoms with Gasteiger partial charge in [0.05, 0.1) is 10.7 Å². The van der Waals surface area contributed by atoms with E-state index in [4.69, 9.17) is 11.6 Å². The van der Waals surface area contributed by atoms with Gasteiger partial charge in [0.15, 0.2) is 0 Å². The Hall–Kier alpha value is -0.890. The van der Waals surface area contributed by atoms with Gasteiger partial charge in [0.25, 0.3) is 0 Å². The fourth-order valence-corrected chi connectivity index (χ4v) is 2.73. The lowest BCUT2D eigenvalue weighted by Crippen LogP contribution is -2.35. The number of nitrogens with one attached hydrogen (secondary N) is 2. The van der Waals surface area contributed by atoms with Gasteiger partial charge in [-0.1, -0.05) is 25.4 Å². The highest BCUT2D eigenvalue weighted by Crippen LogP contribution is 2.20. The first kappa shape index (κ1) is 18.2. The third kappa shape index (κ3) is 6.17. The average molecular weight is 338 g/mol. The predicted molar refractivity (Wildman–Crippen MR) is 84.3 cm³/mol. The second kappa shape index (κ2) is 7.93. The molecule has 5 nitrogen and oxygen atoms in total. The molecule has 0 heterocycles. The Kier molecular flexibility index (Phi) is 6.86. The second-order valence-electron chi connectivity index (χ2n) is 5.02. The van der Waals surface area contributed by atoms with E-state index in [0.717, 1.165) is 12.6 Å². The van der Waals surface area contributed by atoms with Gasteiger partial charge in [0, 0.05) is 19.6 Å². The first-order valence-electron chi connectivity index (χ1n) is 6.65. The summed E-state index contributed by atoms with van der Waals surface area (Å²) in [4.78, 5) is 0. The van der Waals surface area contributed by atoms with Crippen LogP contribution in [0.2, 0.25) is 5.02 Å². The van der Waals surface area contributed by atoms with Gasteiger partial charge < -0.3 is 5.32 Å². The van der Waals surface area contributed by atoms with Crippen LogP contribution in [0.3, 0.4) is 0 Å². The quantitative estimate of drug-likeness (QED) is 0.716. The van der Waals surface area contributed by atoms with Crippen molar-refractivity contribution in [3.63, 3.8) is 0 Å². The minimum Gasteiger partial charge on any atom is -0.314 e. The fourth-order valence-electron chi connectivity index (χ4n) is 1.60. The minimum absolute atomic E-state index is 0.126. The van der Waals surface area contributed by atoms with E-state index in [1.54, 1.807) is 0 Å². The molecule has 0 aliphatic carbocycles. The van der Waals surface area contributed by atoms with Gasteiger partial charge >= 0.3 is 10.2 Å². The maximum atomic E-state index is 13.0. The Morgan fingerprint density at radius 1 is 1.38 bits per heavy atom. The maximum Gasteiger partial charge on any atom is 0.301 e.